The molecule has 0 nitrogen and oxygen atoms in total. The quantitative estimate of drug-likeness (QED) is 0.307. The van der Waals surface area contributed by atoms with Gasteiger partial charge in [-0.2, -0.15) is 0 Å². The molecule has 0 N–H and O–H groups in total. The Labute approximate surface area is 231 Å². The van der Waals surface area contributed by atoms with Crippen molar-refractivity contribution in [3.63, 3.8) is 0 Å². The number of rotatable bonds is 2. The summed E-state index contributed by atoms with van der Waals surface area (Å²) < 4.78 is 0. The highest BCUT2D eigenvalue weighted by molar-refractivity contribution is 5.79. The Morgan fingerprint density at radius 1 is 0.649 bits per heavy atom. The summed E-state index contributed by atoms with van der Waals surface area (Å²) in [6, 6.07) is 23.8. The molecule has 1 unspecified atom stereocenters. The second kappa shape index (κ2) is 24.6. The zero-order chi connectivity index (χ0) is 29.4. The first-order valence-electron chi connectivity index (χ1n) is 13.8. The van der Waals surface area contributed by atoms with Gasteiger partial charge in [0, 0.05) is 0 Å². The molecule has 4 rings (SSSR count). The fraction of sp³-hybridized carbons (Fsp3) is 0.351. The third-order valence-corrected chi connectivity index (χ3v) is 5.25. The van der Waals surface area contributed by atoms with Gasteiger partial charge in [-0.05, 0) is 67.3 Å². The molecule has 204 valence electrons. The molecule has 0 aliphatic heterocycles. The van der Waals surface area contributed by atoms with Gasteiger partial charge in [-0.25, -0.2) is 0 Å². The number of hydrogen-bond donors (Lipinski definition) is 0. The molecule has 0 saturated carbocycles. The van der Waals surface area contributed by atoms with E-state index < -0.39 is 0 Å². The van der Waals surface area contributed by atoms with Gasteiger partial charge in [0.05, 0.1) is 0 Å². The van der Waals surface area contributed by atoms with Gasteiger partial charge in [-0.15, -0.1) is 26.3 Å². The van der Waals surface area contributed by atoms with Crippen LogP contribution in [0, 0.1) is 19.8 Å². The van der Waals surface area contributed by atoms with E-state index in [1.54, 1.807) is 11.1 Å². The predicted octanol–water partition coefficient (Wildman–Crippen LogP) is 12.1. The van der Waals surface area contributed by atoms with Crippen LogP contribution in [0.15, 0.2) is 99.6 Å². The molecule has 0 heteroatoms. The van der Waals surface area contributed by atoms with Gasteiger partial charge < -0.3 is 0 Å². The van der Waals surface area contributed by atoms with Crippen LogP contribution in [-0.2, 0) is 12.8 Å². The fourth-order valence-corrected chi connectivity index (χ4v) is 3.81. The lowest BCUT2D eigenvalue weighted by atomic mass is 9.95. The minimum absolute atomic E-state index is 0.867. The highest BCUT2D eigenvalue weighted by atomic mass is 14.2. The molecule has 1 aliphatic carbocycles. The summed E-state index contributed by atoms with van der Waals surface area (Å²) in [5, 5.41) is 0. The van der Waals surface area contributed by atoms with Crippen LogP contribution >= 0.6 is 0 Å². The lowest BCUT2D eigenvalue weighted by molar-refractivity contribution is 0.628. The third kappa shape index (κ3) is 14.3. The number of aryl methyl sites for hydroxylation is 2. The molecule has 0 fully saturated rings. The van der Waals surface area contributed by atoms with E-state index in [0.29, 0.717) is 0 Å². The summed E-state index contributed by atoms with van der Waals surface area (Å²) in [5.41, 5.74) is 10.7. The van der Waals surface area contributed by atoms with E-state index in [0.717, 1.165) is 11.5 Å². The first-order chi connectivity index (χ1) is 17.9. The molecule has 3 aromatic carbocycles. The molecular formula is C37H56. The molecule has 3 aromatic rings. The maximum Gasteiger partial charge on any atom is -0.0109 e. The van der Waals surface area contributed by atoms with Gasteiger partial charge in [0.25, 0.3) is 0 Å². The van der Waals surface area contributed by atoms with E-state index in [-0.39, 0.29) is 0 Å². The van der Waals surface area contributed by atoms with E-state index in [1.807, 2.05) is 48.5 Å². The summed E-state index contributed by atoms with van der Waals surface area (Å²) in [6.45, 7) is 36.7. The summed E-state index contributed by atoms with van der Waals surface area (Å²) in [6.07, 6.45) is 2.58. The Morgan fingerprint density at radius 2 is 1.11 bits per heavy atom. The molecule has 0 aromatic heterocycles. The Balaban J connectivity index is -0.000000481. The Bertz CT molecular complexity index is 958. The summed E-state index contributed by atoms with van der Waals surface area (Å²) in [4.78, 5) is 0. The van der Waals surface area contributed by atoms with Crippen molar-refractivity contribution in [2.75, 3.05) is 0 Å². The molecule has 0 heterocycles. The van der Waals surface area contributed by atoms with Gasteiger partial charge >= 0.3 is 0 Å². The van der Waals surface area contributed by atoms with Crippen molar-refractivity contribution in [3.05, 3.63) is 127 Å². The van der Waals surface area contributed by atoms with E-state index in [1.165, 1.54) is 40.7 Å². The van der Waals surface area contributed by atoms with Crippen LogP contribution in [-0.4, -0.2) is 0 Å². The summed E-state index contributed by atoms with van der Waals surface area (Å²) >= 11 is 0. The number of hydrogen-bond acceptors (Lipinski definition) is 0. The third-order valence-electron chi connectivity index (χ3n) is 5.25. The lowest BCUT2D eigenvalue weighted by Gasteiger charge is -2.09. The van der Waals surface area contributed by atoms with E-state index in [4.69, 9.17) is 0 Å². The van der Waals surface area contributed by atoms with Crippen LogP contribution < -0.4 is 0 Å². The van der Waals surface area contributed by atoms with Crippen molar-refractivity contribution in [3.8, 4) is 11.1 Å². The first-order valence-corrected chi connectivity index (χ1v) is 13.8. The van der Waals surface area contributed by atoms with E-state index in [2.05, 4.69) is 120 Å². The van der Waals surface area contributed by atoms with Gasteiger partial charge in [0.15, 0.2) is 0 Å². The van der Waals surface area contributed by atoms with Crippen LogP contribution in [0.25, 0.3) is 16.7 Å². The largest absolute Gasteiger partial charge is 0.106 e. The minimum Gasteiger partial charge on any atom is -0.106 e. The molecule has 1 aliphatic rings. The van der Waals surface area contributed by atoms with Gasteiger partial charge in [0.2, 0.25) is 0 Å². The number of fused-ring (bicyclic) bond motifs is 1. The number of allylic oxidation sites excluding steroid dienone is 1. The van der Waals surface area contributed by atoms with Crippen LogP contribution in [0.2, 0.25) is 0 Å². The van der Waals surface area contributed by atoms with Gasteiger partial charge in [-0.1, -0.05) is 138 Å². The molecule has 0 radical (unpaired) electrons. The second-order valence-corrected chi connectivity index (χ2v) is 7.98. The van der Waals surface area contributed by atoms with Gasteiger partial charge in [0.1, 0.15) is 0 Å². The molecule has 0 bridgehead atoms. The lowest BCUT2D eigenvalue weighted by Crippen LogP contribution is -1.89. The predicted molar refractivity (Wildman–Crippen MR) is 176 cm³/mol. The van der Waals surface area contributed by atoms with Crippen molar-refractivity contribution >= 4 is 5.57 Å². The zero-order valence-corrected chi connectivity index (χ0v) is 25.9. The molecule has 1 atom stereocenters. The van der Waals surface area contributed by atoms with Crippen molar-refractivity contribution in [2.45, 2.75) is 82.1 Å². The van der Waals surface area contributed by atoms with Crippen molar-refractivity contribution < 1.29 is 0 Å². The van der Waals surface area contributed by atoms with Crippen LogP contribution in [0.4, 0.5) is 0 Å². The van der Waals surface area contributed by atoms with Gasteiger partial charge in [-0.3, -0.25) is 0 Å². The molecule has 37 heavy (non-hydrogen) atoms. The standard InChI is InChI=1S/C16H16.C11H14.3C2H6.2C2H4/c1-12(2)15-6-4-5-7-16(15)14-10-8-13(3)9-11-14;1-8-3-4-10-6-9(2)7-11(10)5-8;5*1-2/h4-11H,1H2,2-3H3;3-5,9H,6-7H2,1-2H3;3*1-2H3;2*1-2H2. The number of benzene rings is 3. The summed E-state index contributed by atoms with van der Waals surface area (Å²) in [5.74, 6) is 0.867. The van der Waals surface area contributed by atoms with Crippen molar-refractivity contribution in [2.24, 2.45) is 5.92 Å². The monoisotopic (exact) mass is 500 g/mol. The molecule has 0 spiro atoms. The fourth-order valence-electron chi connectivity index (χ4n) is 3.81. The molecule has 0 amide bonds. The minimum atomic E-state index is 0.867. The first kappa shape index (κ1) is 38.4. The van der Waals surface area contributed by atoms with E-state index >= 15 is 0 Å². The Morgan fingerprint density at radius 3 is 1.62 bits per heavy atom. The average molecular weight is 501 g/mol. The molecule has 0 saturated heterocycles. The SMILES string of the molecule is C=C.C=C.C=C(C)c1ccccc1-c1ccc(C)cc1.CC.CC.CC.Cc1ccc2c(c1)CC(C)C2. The van der Waals surface area contributed by atoms with Crippen LogP contribution in [0.1, 0.15) is 83.2 Å². The van der Waals surface area contributed by atoms with Crippen molar-refractivity contribution in [1.29, 1.82) is 0 Å². The average Bonchev–Trinajstić information content (AvgIpc) is 3.34. The van der Waals surface area contributed by atoms with Crippen LogP contribution in [0.5, 0.6) is 0 Å². The van der Waals surface area contributed by atoms with E-state index in [9.17, 15) is 0 Å². The highest BCUT2D eigenvalue weighted by Gasteiger charge is 2.16. The summed E-state index contributed by atoms with van der Waals surface area (Å²) in [7, 11) is 0. The van der Waals surface area contributed by atoms with Crippen molar-refractivity contribution in [1.82, 2.24) is 0 Å². The zero-order valence-electron chi connectivity index (χ0n) is 25.9. The maximum absolute atomic E-state index is 4.03. The smallest absolute Gasteiger partial charge is 0.0109 e. The maximum atomic E-state index is 4.03. The highest BCUT2D eigenvalue weighted by Crippen LogP contribution is 2.28. The second-order valence-electron chi connectivity index (χ2n) is 7.98. The van der Waals surface area contributed by atoms with Crippen LogP contribution in [0.3, 0.4) is 0 Å². The normalized spacial score (nSPS) is 11.6. The molecular weight excluding hydrogens is 444 g/mol. The topological polar surface area (TPSA) is 0 Å². The Hall–Kier alpha value is -3.12. The Kier molecular flexibility index (Phi) is 25.5.